The van der Waals surface area contributed by atoms with E-state index < -0.39 is 6.10 Å². The van der Waals surface area contributed by atoms with E-state index in [2.05, 4.69) is 14.1 Å². The third kappa shape index (κ3) is 5.40. The molecule has 108 valence electrons. The van der Waals surface area contributed by atoms with Crippen molar-refractivity contribution in [3.8, 4) is 5.88 Å². The third-order valence-corrected chi connectivity index (χ3v) is 3.79. The molecule has 0 saturated heterocycles. The standard InChI is InChI=1S/C12H21N3O3S/c16-10-3-1-2-9(4-10)5-13-6-11(17)8-18-12-7-14-19-15-12/h7,9-11,13,16-17H,1-6,8H2. The van der Waals surface area contributed by atoms with Gasteiger partial charge in [-0.3, -0.25) is 0 Å². The van der Waals surface area contributed by atoms with Gasteiger partial charge >= 0.3 is 0 Å². The molecule has 1 aliphatic rings. The van der Waals surface area contributed by atoms with Crippen LogP contribution in [0.3, 0.4) is 0 Å². The maximum atomic E-state index is 9.75. The lowest BCUT2D eigenvalue weighted by Crippen LogP contribution is -2.36. The molecule has 6 nitrogen and oxygen atoms in total. The fourth-order valence-corrected chi connectivity index (χ4v) is 2.73. The zero-order valence-corrected chi connectivity index (χ0v) is 11.7. The van der Waals surface area contributed by atoms with Crippen LogP contribution < -0.4 is 10.1 Å². The lowest BCUT2D eigenvalue weighted by Gasteiger charge is -2.26. The van der Waals surface area contributed by atoms with E-state index in [0.29, 0.717) is 18.3 Å². The van der Waals surface area contributed by atoms with Crippen molar-refractivity contribution < 1.29 is 14.9 Å². The monoisotopic (exact) mass is 287 g/mol. The second-order valence-corrected chi connectivity index (χ2v) is 5.61. The van der Waals surface area contributed by atoms with Crippen LogP contribution in [0.2, 0.25) is 0 Å². The molecule has 7 heteroatoms. The van der Waals surface area contributed by atoms with Gasteiger partial charge in [0.25, 0.3) is 0 Å². The molecule has 1 aromatic heterocycles. The molecule has 0 spiro atoms. The number of nitrogens with one attached hydrogen (secondary N) is 1. The second kappa shape index (κ2) is 7.74. The van der Waals surface area contributed by atoms with Crippen LogP contribution >= 0.6 is 11.7 Å². The molecular weight excluding hydrogens is 266 g/mol. The van der Waals surface area contributed by atoms with Crippen LogP contribution in [-0.2, 0) is 0 Å². The summed E-state index contributed by atoms with van der Waals surface area (Å²) in [4.78, 5) is 0. The van der Waals surface area contributed by atoms with Gasteiger partial charge in [0.1, 0.15) is 18.9 Å². The van der Waals surface area contributed by atoms with Gasteiger partial charge in [-0.05, 0) is 31.7 Å². The van der Waals surface area contributed by atoms with E-state index in [4.69, 9.17) is 4.74 Å². The zero-order chi connectivity index (χ0) is 13.5. The molecule has 3 N–H and O–H groups in total. The maximum absolute atomic E-state index is 9.75. The lowest BCUT2D eigenvalue weighted by atomic mass is 9.87. The summed E-state index contributed by atoms with van der Waals surface area (Å²) in [6.45, 7) is 1.54. The third-order valence-electron chi connectivity index (χ3n) is 3.33. The van der Waals surface area contributed by atoms with Gasteiger partial charge in [0.2, 0.25) is 5.88 Å². The van der Waals surface area contributed by atoms with Gasteiger partial charge in [0.05, 0.1) is 17.8 Å². The summed E-state index contributed by atoms with van der Waals surface area (Å²) in [5.74, 6) is 0.971. The van der Waals surface area contributed by atoms with Gasteiger partial charge in [-0.2, -0.15) is 4.37 Å². The topological polar surface area (TPSA) is 87.5 Å². The van der Waals surface area contributed by atoms with E-state index in [1.54, 1.807) is 0 Å². The molecule has 19 heavy (non-hydrogen) atoms. The van der Waals surface area contributed by atoms with Gasteiger partial charge in [-0.1, -0.05) is 6.42 Å². The maximum Gasteiger partial charge on any atom is 0.245 e. The van der Waals surface area contributed by atoms with Crippen LogP contribution in [0.25, 0.3) is 0 Å². The molecule has 2 rings (SSSR count). The Bertz CT molecular complexity index is 350. The Kier molecular flexibility index (Phi) is 5.96. The summed E-state index contributed by atoms with van der Waals surface area (Å²) >= 11 is 1.08. The fourth-order valence-electron chi connectivity index (χ4n) is 2.36. The van der Waals surface area contributed by atoms with E-state index in [1.807, 2.05) is 0 Å². The Morgan fingerprint density at radius 2 is 2.42 bits per heavy atom. The van der Waals surface area contributed by atoms with Gasteiger partial charge in [-0.15, -0.1) is 4.37 Å². The van der Waals surface area contributed by atoms with E-state index in [9.17, 15) is 10.2 Å². The van der Waals surface area contributed by atoms with E-state index in [0.717, 1.165) is 44.0 Å². The summed E-state index contributed by atoms with van der Waals surface area (Å²) in [5.41, 5.74) is 0. The van der Waals surface area contributed by atoms with Gasteiger partial charge in [-0.25, -0.2) is 0 Å². The van der Waals surface area contributed by atoms with Crippen molar-refractivity contribution in [2.45, 2.75) is 37.9 Å². The van der Waals surface area contributed by atoms with Crippen LogP contribution in [0.1, 0.15) is 25.7 Å². The predicted octanol–water partition coefficient (Wildman–Crippen LogP) is 0.418. The Morgan fingerprint density at radius 3 is 3.16 bits per heavy atom. The van der Waals surface area contributed by atoms with Crippen molar-refractivity contribution in [2.75, 3.05) is 19.7 Å². The summed E-state index contributed by atoms with van der Waals surface area (Å²) in [6, 6.07) is 0. The Morgan fingerprint density at radius 1 is 1.53 bits per heavy atom. The normalized spacial score (nSPS) is 25.2. The SMILES string of the molecule is OC(CNCC1CCCC(O)C1)COc1cnsn1. The lowest BCUT2D eigenvalue weighted by molar-refractivity contribution is 0.0896. The Hall–Kier alpha value is -0.760. The predicted molar refractivity (Wildman–Crippen MR) is 72.2 cm³/mol. The van der Waals surface area contributed by atoms with Gasteiger partial charge in [0, 0.05) is 6.54 Å². The number of nitrogens with zero attached hydrogens (tertiary/aromatic N) is 2. The first kappa shape index (κ1) is 14.6. The molecule has 0 aromatic carbocycles. The number of aliphatic hydroxyl groups excluding tert-OH is 2. The highest BCUT2D eigenvalue weighted by molar-refractivity contribution is 6.99. The molecule has 0 amide bonds. The van der Waals surface area contributed by atoms with Crippen molar-refractivity contribution in [1.82, 2.24) is 14.1 Å². The first-order chi connectivity index (χ1) is 9.24. The molecule has 3 atom stereocenters. The zero-order valence-electron chi connectivity index (χ0n) is 10.9. The molecule has 1 saturated carbocycles. The summed E-state index contributed by atoms with van der Waals surface area (Å²) < 4.78 is 13.0. The van der Waals surface area contributed by atoms with Crippen LogP contribution in [0.4, 0.5) is 0 Å². The largest absolute Gasteiger partial charge is 0.473 e. The average molecular weight is 287 g/mol. The van der Waals surface area contributed by atoms with Crippen molar-refractivity contribution in [1.29, 1.82) is 0 Å². The van der Waals surface area contributed by atoms with Crippen LogP contribution in [0.5, 0.6) is 5.88 Å². The molecule has 1 fully saturated rings. The van der Waals surface area contributed by atoms with Gasteiger partial charge in [0.15, 0.2) is 0 Å². The molecule has 0 bridgehead atoms. The summed E-state index contributed by atoms with van der Waals surface area (Å²) in [7, 11) is 0. The first-order valence-corrected chi connectivity index (χ1v) is 7.44. The molecule has 1 aromatic rings. The van der Waals surface area contributed by atoms with E-state index in [-0.39, 0.29) is 12.7 Å². The minimum absolute atomic E-state index is 0.147. The number of aliphatic hydroxyl groups is 2. The molecule has 1 aliphatic carbocycles. The number of hydrogen-bond donors (Lipinski definition) is 3. The highest BCUT2D eigenvalue weighted by Gasteiger charge is 2.19. The molecule has 3 unspecified atom stereocenters. The van der Waals surface area contributed by atoms with Crippen molar-refractivity contribution in [2.24, 2.45) is 5.92 Å². The van der Waals surface area contributed by atoms with Crippen LogP contribution in [0.15, 0.2) is 6.20 Å². The van der Waals surface area contributed by atoms with Crippen molar-refractivity contribution in [3.05, 3.63) is 6.20 Å². The van der Waals surface area contributed by atoms with Crippen molar-refractivity contribution in [3.63, 3.8) is 0 Å². The Balaban J connectivity index is 1.54. The number of hydrogen-bond acceptors (Lipinski definition) is 7. The second-order valence-electron chi connectivity index (χ2n) is 5.06. The van der Waals surface area contributed by atoms with Crippen LogP contribution in [0, 0.1) is 5.92 Å². The van der Waals surface area contributed by atoms with E-state index in [1.165, 1.54) is 6.20 Å². The highest BCUT2D eigenvalue weighted by atomic mass is 32.1. The molecular formula is C12H21N3O3S. The minimum atomic E-state index is -0.560. The van der Waals surface area contributed by atoms with Crippen molar-refractivity contribution >= 4 is 11.7 Å². The molecule has 0 aliphatic heterocycles. The number of aromatic nitrogens is 2. The minimum Gasteiger partial charge on any atom is -0.473 e. The fraction of sp³-hybridized carbons (Fsp3) is 0.833. The smallest absolute Gasteiger partial charge is 0.245 e. The number of ether oxygens (including phenoxy) is 1. The Labute approximate surface area is 117 Å². The van der Waals surface area contributed by atoms with E-state index >= 15 is 0 Å². The van der Waals surface area contributed by atoms with Gasteiger partial charge < -0.3 is 20.3 Å². The highest BCUT2D eigenvalue weighted by Crippen LogP contribution is 2.23. The quantitative estimate of drug-likeness (QED) is 0.673. The average Bonchev–Trinajstić information content (AvgIpc) is 2.89. The first-order valence-electron chi connectivity index (χ1n) is 6.71. The summed E-state index contributed by atoms with van der Waals surface area (Å²) in [6.07, 6.45) is 4.87. The summed E-state index contributed by atoms with van der Waals surface area (Å²) in [5, 5.41) is 22.5. The van der Waals surface area contributed by atoms with Crippen LogP contribution in [-0.4, -0.2) is 50.9 Å². The molecule has 0 radical (unpaired) electrons. The molecule has 1 heterocycles. The number of rotatable bonds is 7.